The number of carbonyl (C=O) groups is 1. The topological polar surface area (TPSA) is 41.1 Å². The molecule has 2 N–H and O–H groups in total. The highest BCUT2D eigenvalue weighted by molar-refractivity contribution is 5.81. The van der Waals surface area contributed by atoms with Gasteiger partial charge in [0.15, 0.2) is 0 Å². The fraction of sp³-hybridized carbons (Fsp3) is 0.933. The van der Waals surface area contributed by atoms with Crippen LogP contribution in [0.25, 0.3) is 0 Å². The molecule has 3 unspecified atom stereocenters. The second kappa shape index (κ2) is 7.78. The van der Waals surface area contributed by atoms with Crippen molar-refractivity contribution in [3.05, 3.63) is 0 Å². The largest absolute Gasteiger partial charge is 0.352 e. The molecule has 18 heavy (non-hydrogen) atoms. The van der Waals surface area contributed by atoms with Crippen LogP contribution in [0.5, 0.6) is 0 Å². The van der Waals surface area contributed by atoms with E-state index in [0.29, 0.717) is 6.04 Å². The van der Waals surface area contributed by atoms with E-state index in [9.17, 15) is 4.79 Å². The maximum Gasteiger partial charge on any atom is 0.237 e. The van der Waals surface area contributed by atoms with Crippen LogP contribution in [0.3, 0.4) is 0 Å². The summed E-state index contributed by atoms with van der Waals surface area (Å²) < 4.78 is 0. The monoisotopic (exact) mass is 254 g/mol. The Balaban J connectivity index is 2.33. The number of rotatable bonds is 6. The standard InChI is InChI=1S/C15H30N2O/c1-5-11(2)16-15(18)13(4)17-12(3)14-9-7-6-8-10-14/h11-14,17H,5-10H2,1-4H3,(H,16,18). The normalized spacial score (nSPS) is 22.2. The molecule has 0 aromatic rings. The highest BCUT2D eigenvalue weighted by atomic mass is 16.2. The van der Waals surface area contributed by atoms with Crippen molar-refractivity contribution in [3.63, 3.8) is 0 Å². The molecule has 0 saturated heterocycles. The predicted molar refractivity (Wildman–Crippen MR) is 76.5 cm³/mol. The van der Waals surface area contributed by atoms with Crippen molar-refractivity contribution in [1.29, 1.82) is 0 Å². The van der Waals surface area contributed by atoms with Gasteiger partial charge in [-0.1, -0.05) is 26.2 Å². The van der Waals surface area contributed by atoms with Crippen LogP contribution in [0.4, 0.5) is 0 Å². The summed E-state index contributed by atoms with van der Waals surface area (Å²) in [5.74, 6) is 0.879. The second-order valence-corrected chi connectivity index (χ2v) is 5.89. The summed E-state index contributed by atoms with van der Waals surface area (Å²) >= 11 is 0. The van der Waals surface area contributed by atoms with Crippen molar-refractivity contribution < 1.29 is 4.79 Å². The Labute approximate surface area is 112 Å². The van der Waals surface area contributed by atoms with Gasteiger partial charge in [-0.05, 0) is 46.0 Å². The predicted octanol–water partition coefficient (Wildman–Crippen LogP) is 2.85. The second-order valence-electron chi connectivity index (χ2n) is 5.89. The van der Waals surface area contributed by atoms with Gasteiger partial charge in [0.25, 0.3) is 0 Å². The summed E-state index contributed by atoms with van der Waals surface area (Å²) in [4.78, 5) is 12.0. The van der Waals surface area contributed by atoms with Crippen molar-refractivity contribution in [2.24, 2.45) is 5.92 Å². The summed E-state index contributed by atoms with van der Waals surface area (Å²) in [6.45, 7) is 8.34. The third-order valence-corrected chi connectivity index (χ3v) is 4.26. The van der Waals surface area contributed by atoms with Crippen LogP contribution in [-0.2, 0) is 4.79 Å². The van der Waals surface area contributed by atoms with Gasteiger partial charge in [0.05, 0.1) is 6.04 Å². The lowest BCUT2D eigenvalue weighted by Gasteiger charge is -2.30. The van der Waals surface area contributed by atoms with E-state index in [2.05, 4.69) is 31.4 Å². The summed E-state index contributed by atoms with van der Waals surface area (Å²) in [7, 11) is 0. The van der Waals surface area contributed by atoms with E-state index in [1.54, 1.807) is 0 Å². The molecule has 0 heterocycles. The van der Waals surface area contributed by atoms with Crippen molar-refractivity contribution in [1.82, 2.24) is 10.6 Å². The van der Waals surface area contributed by atoms with Gasteiger partial charge in [-0.2, -0.15) is 0 Å². The highest BCUT2D eigenvalue weighted by Gasteiger charge is 2.23. The highest BCUT2D eigenvalue weighted by Crippen LogP contribution is 2.26. The van der Waals surface area contributed by atoms with E-state index < -0.39 is 0 Å². The average molecular weight is 254 g/mol. The minimum atomic E-state index is -0.0871. The Morgan fingerprint density at radius 3 is 2.33 bits per heavy atom. The van der Waals surface area contributed by atoms with E-state index in [1.165, 1.54) is 32.1 Å². The van der Waals surface area contributed by atoms with E-state index in [1.807, 2.05) is 6.92 Å². The number of hydrogen-bond acceptors (Lipinski definition) is 2. The molecule has 0 spiro atoms. The summed E-state index contributed by atoms with van der Waals surface area (Å²) in [5, 5.41) is 6.50. The molecule has 3 atom stereocenters. The van der Waals surface area contributed by atoms with Gasteiger partial charge in [0, 0.05) is 12.1 Å². The van der Waals surface area contributed by atoms with Gasteiger partial charge in [0.1, 0.15) is 0 Å². The molecular formula is C15H30N2O. The lowest BCUT2D eigenvalue weighted by Crippen LogP contribution is -2.49. The van der Waals surface area contributed by atoms with Gasteiger partial charge < -0.3 is 10.6 Å². The van der Waals surface area contributed by atoms with Crippen molar-refractivity contribution >= 4 is 5.91 Å². The van der Waals surface area contributed by atoms with Gasteiger partial charge in [-0.25, -0.2) is 0 Å². The average Bonchev–Trinajstić information content (AvgIpc) is 2.39. The zero-order valence-electron chi connectivity index (χ0n) is 12.5. The Morgan fingerprint density at radius 1 is 1.17 bits per heavy atom. The minimum Gasteiger partial charge on any atom is -0.352 e. The van der Waals surface area contributed by atoms with Gasteiger partial charge in [-0.15, -0.1) is 0 Å². The zero-order chi connectivity index (χ0) is 13.5. The summed E-state index contributed by atoms with van der Waals surface area (Å²) in [6, 6.07) is 0.630. The molecule has 0 aromatic heterocycles. The lowest BCUT2D eigenvalue weighted by atomic mass is 9.84. The van der Waals surface area contributed by atoms with Gasteiger partial charge in [-0.3, -0.25) is 4.79 Å². The first-order valence-corrected chi connectivity index (χ1v) is 7.61. The SMILES string of the molecule is CCC(C)NC(=O)C(C)NC(C)C1CCCCC1. The first-order chi connectivity index (χ1) is 8.54. The minimum absolute atomic E-state index is 0.0871. The molecule has 1 saturated carbocycles. The third-order valence-electron chi connectivity index (χ3n) is 4.26. The van der Waals surface area contributed by atoms with Crippen LogP contribution in [0.1, 0.15) is 66.2 Å². The smallest absolute Gasteiger partial charge is 0.237 e. The molecule has 0 bridgehead atoms. The van der Waals surface area contributed by atoms with Crippen LogP contribution >= 0.6 is 0 Å². The van der Waals surface area contributed by atoms with Crippen LogP contribution in [0, 0.1) is 5.92 Å². The van der Waals surface area contributed by atoms with E-state index in [4.69, 9.17) is 0 Å². The van der Waals surface area contributed by atoms with Gasteiger partial charge >= 0.3 is 0 Å². The van der Waals surface area contributed by atoms with E-state index >= 15 is 0 Å². The summed E-state index contributed by atoms with van der Waals surface area (Å²) in [6.07, 6.45) is 7.69. The molecule has 0 aliphatic heterocycles. The molecule has 3 heteroatoms. The fourth-order valence-corrected chi connectivity index (χ4v) is 2.71. The van der Waals surface area contributed by atoms with Crippen LogP contribution < -0.4 is 10.6 Å². The molecule has 106 valence electrons. The number of hydrogen-bond donors (Lipinski definition) is 2. The number of amides is 1. The molecule has 1 fully saturated rings. The molecule has 0 radical (unpaired) electrons. The quantitative estimate of drug-likeness (QED) is 0.765. The molecule has 3 nitrogen and oxygen atoms in total. The Kier molecular flexibility index (Phi) is 6.69. The van der Waals surface area contributed by atoms with Crippen molar-refractivity contribution in [3.8, 4) is 0 Å². The first-order valence-electron chi connectivity index (χ1n) is 7.61. The van der Waals surface area contributed by atoms with Gasteiger partial charge in [0.2, 0.25) is 5.91 Å². The maximum atomic E-state index is 12.0. The molecule has 1 aliphatic rings. The number of carbonyl (C=O) groups excluding carboxylic acids is 1. The lowest BCUT2D eigenvalue weighted by molar-refractivity contribution is -0.123. The molecule has 0 aromatic carbocycles. The third kappa shape index (κ3) is 4.97. The Bertz CT molecular complexity index is 249. The fourth-order valence-electron chi connectivity index (χ4n) is 2.71. The molecular weight excluding hydrogens is 224 g/mol. The summed E-state index contributed by atoms with van der Waals surface area (Å²) in [5.41, 5.74) is 0. The van der Waals surface area contributed by atoms with Crippen LogP contribution in [-0.4, -0.2) is 24.0 Å². The molecule has 1 aliphatic carbocycles. The van der Waals surface area contributed by atoms with E-state index in [-0.39, 0.29) is 18.0 Å². The van der Waals surface area contributed by atoms with Crippen molar-refractivity contribution in [2.75, 3.05) is 0 Å². The van der Waals surface area contributed by atoms with E-state index in [0.717, 1.165) is 12.3 Å². The zero-order valence-corrected chi connectivity index (χ0v) is 12.5. The Morgan fingerprint density at radius 2 is 1.78 bits per heavy atom. The first kappa shape index (κ1) is 15.5. The van der Waals surface area contributed by atoms with Crippen LogP contribution in [0.2, 0.25) is 0 Å². The maximum absolute atomic E-state index is 12.0. The Hall–Kier alpha value is -0.570. The van der Waals surface area contributed by atoms with Crippen molar-refractivity contribution in [2.45, 2.75) is 84.3 Å². The van der Waals surface area contributed by atoms with Crippen LogP contribution in [0.15, 0.2) is 0 Å². The molecule has 1 rings (SSSR count). The number of nitrogens with one attached hydrogen (secondary N) is 2. The molecule has 1 amide bonds.